The van der Waals surface area contributed by atoms with Gasteiger partial charge in [-0.15, -0.1) is 0 Å². The molecule has 0 aromatic heterocycles. The summed E-state index contributed by atoms with van der Waals surface area (Å²) in [6.07, 6.45) is 0.253. The molecule has 0 saturated heterocycles. The first kappa shape index (κ1) is 18.2. The number of ether oxygens (including phenoxy) is 1. The van der Waals surface area contributed by atoms with Gasteiger partial charge in [-0.3, -0.25) is 0 Å². The van der Waals surface area contributed by atoms with Crippen LogP contribution in [0.15, 0.2) is 11.2 Å². The highest BCUT2D eigenvalue weighted by atomic mass is 28.3. The lowest BCUT2D eigenvalue weighted by Crippen LogP contribution is -2.36. The molecule has 0 aliphatic heterocycles. The minimum Gasteiger partial charge on any atom is -0.417 e. The summed E-state index contributed by atoms with van der Waals surface area (Å²) in [7, 11) is -2.03. The van der Waals surface area contributed by atoms with Crippen molar-refractivity contribution in [3.63, 3.8) is 0 Å². The molecule has 0 bridgehead atoms. The Bertz CT molecular complexity index is 333. The monoisotopic (exact) mass is 289 g/mol. The Labute approximate surface area is 117 Å². The summed E-state index contributed by atoms with van der Waals surface area (Å²) >= 11 is 0. The average molecular weight is 289 g/mol. The van der Waals surface area contributed by atoms with E-state index in [1.807, 2.05) is 47.3 Å². The first-order chi connectivity index (χ1) is 8.68. The van der Waals surface area contributed by atoms with Crippen molar-refractivity contribution in [1.82, 2.24) is 4.90 Å². The summed E-state index contributed by atoms with van der Waals surface area (Å²) in [6, 6.07) is 0. The van der Waals surface area contributed by atoms with Crippen LogP contribution in [-0.4, -0.2) is 32.2 Å². The van der Waals surface area contributed by atoms with Gasteiger partial charge in [-0.1, -0.05) is 33.5 Å². The molecule has 0 aromatic rings. The smallest absolute Gasteiger partial charge is 0.414 e. The van der Waals surface area contributed by atoms with Crippen molar-refractivity contribution in [3.05, 3.63) is 11.2 Å². The van der Waals surface area contributed by atoms with E-state index in [1.165, 1.54) is 0 Å². The van der Waals surface area contributed by atoms with Crippen LogP contribution in [0.3, 0.4) is 0 Å². The van der Waals surface area contributed by atoms with Gasteiger partial charge in [0.1, 0.15) is 19.3 Å². The lowest BCUT2D eigenvalue weighted by atomic mass is 10.1. The minimum absolute atomic E-state index is 0.203. The molecule has 0 aliphatic rings. The standard InChI is InChI=1S/C14H28FNO2Si/c1-8-11(4)12(15)13(19(5,6)7)18-14(17)16(9-2)10-3/h11H,8-10H2,1-7H3/b13-12-. The molecule has 0 radical (unpaired) electrons. The molecule has 5 heteroatoms. The van der Waals surface area contributed by atoms with Crippen LogP contribution in [0.2, 0.25) is 19.6 Å². The fourth-order valence-electron chi connectivity index (χ4n) is 1.60. The number of rotatable bonds is 6. The van der Waals surface area contributed by atoms with Gasteiger partial charge in [-0.25, -0.2) is 9.18 Å². The zero-order valence-corrected chi connectivity index (χ0v) is 14.3. The van der Waals surface area contributed by atoms with Crippen molar-refractivity contribution in [2.24, 2.45) is 5.92 Å². The van der Waals surface area contributed by atoms with Gasteiger partial charge in [-0.05, 0) is 20.3 Å². The SMILES string of the molecule is CCC(C)/C(F)=C(\OC(=O)N(CC)CC)[Si](C)(C)C. The first-order valence-electron chi connectivity index (χ1n) is 7.05. The van der Waals surface area contributed by atoms with E-state index in [0.717, 1.165) is 0 Å². The molecule has 0 N–H and O–H groups in total. The molecule has 0 spiro atoms. The molecule has 112 valence electrons. The second kappa shape index (κ2) is 7.67. The number of carbonyl (C=O) groups excluding carboxylic acids is 1. The molecule has 0 aliphatic carbocycles. The molecule has 0 heterocycles. The van der Waals surface area contributed by atoms with E-state index in [-0.39, 0.29) is 11.7 Å². The zero-order chi connectivity index (χ0) is 15.2. The van der Waals surface area contributed by atoms with Gasteiger partial charge in [0.2, 0.25) is 0 Å². The van der Waals surface area contributed by atoms with Crippen LogP contribution in [0.25, 0.3) is 0 Å². The third-order valence-corrected chi connectivity index (χ3v) is 4.86. The van der Waals surface area contributed by atoms with Gasteiger partial charge in [-0.2, -0.15) is 0 Å². The van der Waals surface area contributed by atoms with Crippen molar-refractivity contribution in [2.45, 2.75) is 53.8 Å². The first-order valence-corrected chi connectivity index (χ1v) is 10.6. The Morgan fingerprint density at radius 1 is 1.21 bits per heavy atom. The Hall–Kier alpha value is -0.843. The van der Waals surface area contributed by atoms with Crippen LogP contribution in [0.5, 0.6) is 0 Å². The second-order valence-electron chi connectivity index (χ2n) is 5.78. The van der Waals surface area contributed by atoms with Crippen molar-refractivity contribution < 1.29 is 13.9 Å². The minimum atomic E-state index is -2.03. The highest BCUT2D eigenvalue weighted by Gasteiger charge is 2.31. The molecule has 19 heavy (non-hydrogen) atoms. The fourth-order valence-corrected chi connectivity index (χ4v) is 2.95. The van der Waals surface area contributed by atoms with E-state index in [1.54, 1.807) is 4.90 Å². The van der Waals surface area contributed by atoms with Crippen LogP contribution < -0.4 is 0 Å². The van der Waals surface area contributed by atoms with E-state index in [4.69, 9.17) is 4.74 Å². The third kappa shape index (κ3) is 5.34. The second-order valence-corrected chi connectivity index (χ2v) is 10.7. The molecule has 0 rings (SSSR count). The summed E-state index contributed by atoms with van der Waals surface area (Å²) in [4.78, 5) is 13.6. The Kier molecular flexibility index (Phi) is 7.33. The lowest BCUT2D eigenvalue weighted by molar-refractivity contribution is 0.134. The number of hydrogen-bond donors (Lipinski definition) is 0. The average Bonchev–Trinajstić information content (AvgIpc) is 2.34. The molecule has 0 fully saturated rings. The van der Waals surface area contributed by atoms with Crippen molar-refractivity contribution in [1.29, 1.82) is 0 Å². The van der Waals surface area contributed by atoms with Gasteiger partial charge in [0, 0.05) is 19.0 Å². The quantitative estimate of drug-likeness (QED) is 0.529. The van der Waals surface area contributed by atoms with Crippen LogP contribution in [0.1, 0.15) is 34.1 Å². The zero-order valence-electron chi connectivity index (χ0n) is 13.3. The predicted octanol–water partition coefficient (Wildman–Crippen LogP) is 4.57. The number of hydrogen-bond acceptors (Lipinski definition) is 2. The number of nitrogens with zero attached hydrogens (tertiary/aromatic N) is 1. The molecular formula is C14H28FNO2Si. The maximum Gasteiger partial charge on any atom is 0.414 e. The number of amides is 1. The maximum absolute atomic E-state index is 14.4. The topological polar surface area (TPSA) is 29.5 Å². The van der Waals surface area contributed by atoms with Crippen molar-refractivity contribution in [3.8, 4) is 0 Å². The number of allylic oxidation sites excluding steroid dienone is 1. The number of carbonyl (C=O) groups is 1. The molecule has 0 aromatic carbocycles. The lowest BCUT2D eigenvalue weighted by Gasteiger charge is -2.26. The largest absolute Gasteiger partial charge is 0.417 e. The van der Waals surface area contributed by atoms with Crippen LogP contribution in [0, 0.1) is 5.92 Å². The van der Waals surface area contributed by atoms with Gasteiger partial charge in [0.05, 0.1) is 0 Å². The summed E-state index contributed by atoms with van der Waals surface area (Å²) < 4.78 is 19.8. The van der Waals surface area contributed by atoms with Gasteiger partial charge in [0.15, 0.2) is 0 Å². The highest BCUT2D eigenvalue weighted by Crippen LogP contribution is 2.28. The van der Waals surface area contributed by atoms with Crippen molar-refractivity contribution >= 4 is 14.2 Å². The van der Waals surface area contributed by atoms with Crippen LogP contribution in [0.4, 0.5) is 9.18 Å². The summed E-state index contributed by atoms with van der Waals surface area (Å²) in [5, 5.41) is 0.291. The fraction of sp³-hybridized carbons (Fsp3) is 0.786. The molecule has 0 saturated carbocycles. The molecule has 1 atom stereocenters. The molecular weight excluding hydrogens is 261 g/mol. The van der Waals surface area contributed by atoms with Crippen LogP contribution >= 0.6 is 0 Å². The predicted molar refractivity (Wildman–Crippen MR) is 80.3 cm³/mol. The molecule has 1 amide bonds. The van der Waals surface area contributed by atoms with Crippen LogP contribution in [-0.2, 0) is 4.74 Å². The van der Waals surface area contributed by atoms with E-state index >= 15 is 0 Å². The van der Waals surface area contributed by atoms with Crippen molar-refractivity contribution in [2.75, 3.05) is 13.1 Å². The van der Waals surface area contributed by atoms with E-state index in [0.29, 0.717) is 24.9 Å². The van der Waals surface area contributed by atoms with Gasteiger partial charge >= 0.3 is 6.09 Å². The highest BCUT2D eigenvalue weighted by molar-refractivity contribution is 6.82. The Morgan fingerprint density at radius 3 is 2.00 bits per heavy atom. The maximum atomic E-state index is 14.4. The Balaban J connectivity index is 5.27. The van der Waals surface area contributed by atoms with E-state index in [2.05, 4.69) is 0 Å². The Morgan fingerprint density at radius 2 is 1.68 bits per heavy atom. The normalized spacial score (nSPS) is 14.7. The summed E-state index contributed by atoms with van der Waals surface area (Å²) in [5.74, 6) is -0.464. The third-order valence-electron chi connectivity index (χ3n) is 3.15. The molecule has 3 nitrogen and oxygen atoms in total. The van der Waals surface area contributed by atoms with E-state index < -0.39 is 14.2 Å². The van der Waals surface area contributed by atoms with Gasteiger partial charge < -0.3 is 9.64 Å². The summed E-state index contributed by atoms with van der Waals surface area (Å²) in [5.41, 5.74) is 0. The summed E-state index contributed by atoms with van der Waals surface area (Å²) in [6.45, 7) is 14.6. The van der Waals surface area contributed by atoms with E-state index in [9.17, 15) is 9.18 Å². The number of halogens is 1. The van der Waals surface area contributed by atoms with Gasteiger partial charge in [0.25, 0.3) is 0 Å². The molecule has 1 unspecified atom stereocenters.